The highest BCUT2D eigenvalue weighted by molar-refractivity contribution is 6.05. The fourth-order valence-corrected chi connectivity index (χ4v) is 2.56. The molecule has 22 heavy (non-hydrogen) atoms. The van der Waals surface area contributed by atoms with Crippen LogP contribution in [0.15, 0.2) is 18.2 Å². The first kappa shape index (κ1) is 16.0. The third-order valence-corrected chi connectivity index (χ3v) is 3.51. The van der Waals surface area contributed by atoms with Crippen molar-refractivity contribution in [1.29, 1.82) is 0 Å². The number of phenols is 1. The first-order valence-corrected chi connectivity index (χ1v) is 7.44. The number of rotatable bonds is 1. The molecule has 2 aliphatic heterocycles. The van der Waals surface area contributed by atoms with Crippen molar-refractivity contribution < 1.29 is 19.5 Å². The van der Waals surface area contributed by atoms with Gasteiger partial charge in [0.05, 0.1) is 0 Å². The molecule has 2 N–H and O–H groups in total. The van der Waals surface area contributed by atoms with Crippen molar-refractivity contribution in [3.63, 3.8) is 0 Å². The molecule has 0 saturated carbocycles. The van der Waals surface area contributed by atoms with Gasteiger partial charge in [0.1, 0.15) is 11.8 Å². The van der Waals surface area contributed by atoms with Gasteiger partial charge in [-0.05, 0) is 30.2 Å². The number of fused-ring (bicyclic) bond motifs is 1. The second-order valence-electron chi connectivity index (χ2n) is 5.45. The lowest BCUT2D eigenvalue weighted by Crippen LogP contribution is -2.52. The van der Waals surface area contributed by atoms with Gasteiger partial charge in [-0.15, -0.1) is 0 Å². The Balaban J connectivity index is 0.000000545. The van der Waals surface area contributed by atoms with Crippen molar-refractivity contribution in [3.8, 4) is 5.75 Å². The summed E-state index contributed by atoms with van der Waals surface area (Å²) < 4.78 is 0. The van der Waals surface area contributed by atoms with Crippen LogP contribution >= 0.6 is 0 Å². The highest BCUT2D eigenvalue weighted by Gasteiger charge is 2.38. The maximum Gasteiger partial charge on any atom is 0.255 e. The van der Waals surface area contributed by atoms with Crippen LogP contribution in [0.3, 0.4) is 0 Å². The van der Waals surface area contributed by atoms with Gasteiger partial charge in [0, 0.05) is 18.5 Å². The van der Waals surface area contributed by atoms with Crippen molar-refractivity contribution in [2.75, 3.05) is 0 Å². The molecular formula is C16H20N2O4. The van der Waals surface area contributed by atoms with Crippen molar-refractivity contribution >= 4 is 17.7 Å². The minimum absolute atomic E-state index is 0.0941. The summed E-state index contributed by atoms with van der Waals surface area (Å²) in [5.74, 6) is -0.870. The van der Waals surface area contributed by atoms with E-state index in [-0.39, 0.29) is 30.5 Å². The third-order valence-electron chi connectivity index (χ3n) is 3.51. The Labute approximate surface area is 129 Å². The predicted molar refractivity (Wildman–Crippen MR) is 80.1 cm³/mol. The third kappa shape index (κ3) is 3.10. The Morgan fingerprint density at radius 1 is 1.27 bits per heavy atom. The van der Waals surface area contributed by atoms with E-state index in [1.165, 1.54) is 23.5 Å². The normalized spacial score (nSPS) is 20.2. The summed E-state index contributed by atoms with van der Waals surface area (Å²) in [5, 5.41) is 11.7. The molecule has 0 aliphatic carbocycles. The van der Waals surface area contributed by atoms with E-state index in [1.54, 1.807) is 6.07 Å². The highest BCUT2D eigenvalue weighted by Crippen LogP contribution is 2.29. The molecule has 6 heteroatoms. The van der Waals surface area contributed by atoms with E-state index in [1.807, 2.05) is 0 Å². The number of nitrogens with one attached hydrogen (secondary N) is 1. The fraction of sp³-hybridized carbons (Fsp3) is 0.438. The largest absolute Gasteiger partial charge is 0.508 e. The molecule has 0 spiro atoms. The minimum Gasteiger partial charge on any atom is -0.508 e. The SMILES string of the molecule is CCC.O=C1CCC(N2Cc3cc(O)ccc3C2=O)C(=O)N1. The Morgan fingerprint density at radius 3 is 2.59 bits per heavy atom. The first-order valence-electron chi connectivity index (χ1n) is 7.44. The highest BCUT2D eigenvalue weighted by atomic mass is 16.3. The number of imide groups is 1. The molecule has 0 radical (unpaired) electrons. The van der Waals surface area contributed by atoms with E-state index in [9.17, 15) is 19.5 Å². The Morgan fingerprint density at radius 2 is 1.95 bits per heavy atom. The van der Waals surface area contributed by atoms with Crippen LogP contribution in [0.1, 0.15) is 49.0 Å². The number of hydrogen-bond donors (Lipinski definition) is 2. The van der Waals surface area contributed by atoms with Gasteiger partial charge in [0.25, 0.3) is 5.91 Å². The zero-order valence-corrected chi connectivity index (χ0v) is 12.8. The zero-order chi connectivity index (χ0) is 16.3. The molecule has 3 amide bonds. The van der Waals surface area contributed by atoms with Crippen LogP contribution in [-0.4, -0.2) is 33.8 Å². The maximum absolute atomic E-state index is 12.2. The molecule has 2 heterocycles. The molecule has 6 nitrogen and oxygen atoms in total. The van der Waals surface area contributed by atoms with E-state index in [0.29, 0.717) is 17.5 Å². The second kappa shape index (κ2) is 6.60. The lowest BCUT2D eigenvalue weighted by molar-refractivity contribution is -0.136. The summed E-state index contributed by atoms with van der Waals surface area (Å²) in [6.45, 7) is 4.54. The van der Waals surface area contributed by atoms with Crippen LogP contribution in [0.5, 0.6) is 5.75 Å². The molecule has 0 aromatic heterocycles. The molecule has 1 fully saturated rings. The molecule has 3 rings (SSSR count). The minimum atomic E-state index is -0.611. The van der Waals surface area contributed by atoms with E-state index in [4.69, 9.17) is 0 Å². The average Bonchev–Trinajstić information content (AvgIpc) is 2.76. The predicted octanol–water partition coefficient (Wildman–Crippen LogP) is 1.57. The van der Waals surface area contributed by atoms with E-state index >= 15 is 0 Å². The summed E-state index contributed by atoms with van der Waals surface area (Å²) >= 11 is 0. The number of amides is 3. The quantitative estimate of drug-likeness (QED) is 0.771. The van der Waals surface area contributed by atoms with E-state index in [0.717, 1.165) is 0 Å². The first-order chi connectivity index (χ1) is 10.5. The zero-order valence-electron chi connectivity index (χ0n) is 12.8. The van der Waals surface area contributed by atoms with Gasteiger partial charge in [0.2, 0.25) is 11.8 Å². The Kier molecular flexibility index (Phi) is 4.80. The smallest absolute Gasteiger partial charge is 0.255 e. The van der Waals surface area contributed by atoms with Crippen LogP contribution in [0.25, 0.3) is 0 Å². The lowest BCUT2D eigenvalue weighted by Gasteiger charge is -2.29. The molecule has 1 atom stereocenters. The second-order valence-corrected chi connectivity index (χ2v) is 5.45. The summed E-state index contributed by atoms with van der Waals surface area (Å²) in [6, 6.07) is 3.92. The van der Waals surface area contributed by atoms with Crippen LogP contribution in [0.4, 0.5) is 0 Å². The van der Waals surface area contributed by atoms with Gasteiger partial charge in [-0.2, -0.15) is 0 Å². The number of hydrogen-bond acceptors (Lipinski definition) is 4. The van der Waals surface area contributed by atoms with Gasteiger partial charge < -0.3 is 10.0 Å². The van der Waals surface area contributed by atoms with Crippen molar-refractivity contribution in [2.24, 2.45) is 0 Å². The summed E-state index contributed by atoms with van der Waals surface area (Å²) in [4.78, 5) is 36.6. The number of carbonyl (C=O) groups excluding carboxylic acids is 3. The van der Waals surface area contributed by atoms with E-state index < -0.39 is 11.9 Å². The number of piperidine rings is 1. The maximum atomic E-state index is 12.2. The number of nitrogens with zero attached hydrogens (tertiary/aromatic N) is 1. The lowest BCUT2D eigenvalue weighted by atomic mass is 10.0. The summed E-state index contributed by atoms with van der Waals surface area (Å²) in [5.41, 5.74) is 1.21. The van der Waals surface area contributed by atoms with Gasteiger partial charge in [0.15, 0.2) is 0 Å². The molecule has 1 unspecified atom stereocenters. The van der Waals surface area contributed by atoms with Crippen LogP contribution in [-0.2, 0) is 16.1 Å². The average molecular weight is 304 g/mol. The molecule has 118 valence electrons. The Bertz CT molecular complexity index is 612. The molecular weight excluding hydrogens is 284 g/mol. The van der Waals surface area contributed by atoms with Gasteiger partial charge >= 0.3 is 0 Å². The number of aromatic hydroxyl groups is 1. The summed E-state index contributed by atoms with van der Waals surface area (Å²) in [7, 11) is 0. The Hall–Kier alpha value is -2.37. The van der Waals surface area contributed by atoms with Crippen molar-refractivity contribution in [3.05, 3.63) is 29.3 Å². The molecule has 2 aliphatic rings. The van der Waals surface area contributed by atoms with Gasteiger partial charge in [-0.25, -0.2) is 0 Å². The molecule has 1 saturated heterocycles. The number of carbonyl (C=O) groups is 3. The monoisotopic (exact) mass is 304 g/mol. The van der Waals surface area contributed by atoms with Crippen molar-refractivity contribution in [1.82, 2.24) is 10.2 Å². The van der Waals surface area contributed by atoms with Crippen LogP contribution in [0, 0.1) is 0 Å². The molecule has 0 bridgehead atoms. The van der Waals surface area contributed by atoms with Gasteiger partial charge in [-0.3, -0.25) is 19.7 Å². The standard InChI is InChI=1S/C13H12N2O4.C3H8/c16-8-1-2-9-7(5-8)6-15(13(9)19)10-3-4-11(17)14-12(10)18;1-3-2/h1-2,5,10,16H,3-4,6H2,(H,14,17,18);3H2,1-2H3. The number of phenolic OH excluding ortho intramolecular Hbond substituents is 1. The topological polar surface area (TPSA) is 86.7 Å². The van der Waals surface area contributed by atoms with Gasteiger partial charge in [-0.1, -0.05) is 20.3 Å². The van der Waals surface area contributed by atoms with E-state index in [2.05, 4.69) is 19.2 Å². The van der Waals surface area contributed by atoms with Crippen LogP contribution in [0.2, 0.25) is 0 Å². The fourth-order valence-electron chi connectivity index (χ4n) is 2.56. The molecule has 1 aromatic rings. The molecule has 1 aromatic carbocycles. The summed E-state index contributed by atoms with van der Waals surface area (Å²) in [6.07, 6.45) is 1.83. The van der Waals surface area contributed by atoms with Crippen molar-refractivity contribution in [2.45, 2.75) is 45.7 Å². The van der Waals surface area contributed by atoms with Crippen LogP contribution < -0.4 is 5.32 Å². The number of benzene rings is 1.